The molecule has 1 spiro atoms. The Morgan fingerprint density at radius 2 is 1.72 bits per heavy atom. The predicted octanol–water partition coefficient (Wildman–Crippen LogP) is 2.58. The fourth-order valence-electron chi connectivity index (χ4n) is 4.84. The number of benzene rings is 2. The first-order valence-corrected chi connectivity index (χ1v) is 10.4. The Bertz CT molecular complexity index is 1110. The lowest BCUT2D eigenvalue weighted by atomic mass is 9.77. The number of hydrogen-bond acceptors (Lipinski definition) is 5. The second kappa shape index (κ2) is 7.49. The standard InChI is InChI=1S/C24H23N3O5/c1-14(28)25-15-3-7-17(8-4-15)27-13-24-12-11-19(32-24)20(21(24)23(27)30)22(29)26-16-5-9-18(31-2)10-6-16/h3-12,19-21H,13H2,1-2H3,(H,25,28)(H,26,29)/t19-,20+,21-,24-/m0/s1. The molecule has 0 aliphatic carbocycles. The Hall–Kier alpha value is -3.65. The van der Waals surface area contributed by atoms with Gasteiger partial charge in [-0.2, -0.15) is 0 Å². The molecular formula is C24H23N3O5. The number of amides is 3. The summed E-state index contributed by atoms with van der Waals surface area (Å²) >= 11 is 0. The number of carbonyl (C=O) groups is 3. The first-order chi connectivity index (χ1) is 15.4. The number of rotatable bonds is 5. The minimum Gasteiger partial charge on any atom is -0.497 e. The average molecular weight is 433 g/mol. The van der Waals surface area contributed by atoms with E-state index in [1.807, 2.05) is 12.2 Å². The minimum atomic E-state index is -0.806. The summed E-state index contributed by atoms with van der Waals surface area (Å²) in [5, 5.41) is 5.62. The molecule has 2 N–H and O–H groups in total. The van der Waals surface area contributed by atoms with Crippen LogP contribution in [-0.4, -0.2) is 43.1 Å². The van der Waals surface area contributed by atoms with Gasteiger partial charge in [0.2, 0.25) is 17.7 Å². The van der Waals surface area contributed by atoms with Crippen LogP contribution in [-0.2, 0) is 19.1 Å². The molecule has 2 saturated heterocycles. The van der Waals surface area contributed by atoms with E-state index in [0.717, 1.165) is 0 Å². The molecule has 3 amide bonds. The van der Waals surface area contributed by atoms with E-state index in [-0.39, 0.29) is 17.7 Å². The zero-order valence-electron chi connectivity index (χ0n) is 17.7. The number of hydrogen-bond donors (Lipinski definition) is 2. The van der Waals surface area contributed by atoms with Crippen molar-refractivity contribution in [3.8, 4) is 5.75 Å². The lowest BCUT2D eigenvalue weighted by Crippen LogP contribution is -2.41. The monoisotopic (exact) mass is 433 g/mol. The molecule has 0 unspecified atom stereocenters. The summed E-state index contributed by atoms with van der Waals surface area (Å²) in [6.07, 6.45) is 3.38. The molecule has 8 nitrogen and oxygen atoms in total. The summed E-state index contributed by atoms with van der Waals surface area (Å²) < 4.78 is 11.3. The molecule has 2 aromatic carbocycles. The summed E-state index contributed by atoms with van der Waals surface area (Å²) in [4.78, 5) is 39.5. The molecule has 4 atom stereocenters. The van der Waals surface area contributed by atoms with Crippen molar-refractivity contribution in [2.24, 2.45) is 11.8 Å². The van der Waals surface area contributed by atoms with Crippen LogP contribution >= 0.6 is 0 Å². The van der Waals surface area contributed by atoms with Crippen LogP contribution in [0.25, 0.3) is 0 Å². The van der Waals surface area contributed by atoms with Gasteiger partial charge in [-0.05, 0) is 48.5 Å². The van der Waals surface area contributed by atoms with Crippen molar-refractivity contribution < 1.29 is 23.9 Å². The summed E-state index contributed by atoms with van der Waals surface area (Å²) in [6, 6.07) is 14.1. The highest BCUT2D eigenvalue weighted by Crippen LogP contribution is 2.52. The lowest BCUT2D eigenvalue weighted by molar-refractivity contribution is -0.128. The third-order valence-corrected chi connectivity index (χ3v) is 6.26. The molecule has 2 fully saturated rings. The fraction of sp³-hybridized carbons (Fsp3) is 0.292. The van der Waals surface area contributed by atoms with Crippen LogP contribution in [0.1, 0.15) is 6.92 Å². The van der Waals surface area contributed by atoms with E-state index in [2.05, 4.69) is 10.6 Å². The molecule has 164 valence electrons. The molecule has 8 heteroatoms. The largest absolute Gasteiger partial charge is 0.497 e. The Kier molecular flexibility index (Phi) is 4.74. The summed E-state index contributed by atoms with van der Waals surface area (Å²) in [7, 11) is 1.58. The van der Waals surface area contributed by atoms with Crippen LogP contribution in [0.2, 0.25) is 0 Å². The molecule has 3 aliphatic rings. The second-order valence-corrected chi connectivity index (χ2v) is 8.27. The van der Waals surface area contributed by atoms with E-state index in [0.29, 0.717) is 29.4 Å². The number of methoxy groups -OCH3 is 1. The van der Waals surface area contributed by atoms with Gasteiger partial charge in [0.15, 0.2) is 0 Å². The van der Waals surface area contributed by atoms with Crippen molar-refractivity contribution in [2.75, 3.05) is 29.2 Å². The van der Waals surface area contributed by atoms with Crippen LogP contribution in [0.15, 0.2) is 60.7 Å². The van der Waals surface area contributed by atoms with Crippen LogP contribution in [0.3, 0.4) is 0 Å². The Balaban J connectivity index is 1.36. The van der Waals surface area contributed by atoms with Gasteiger partial charge in [0.05, 0.1) is 31.6 Å². The normalized spacial score (nSPS) is 27.4. The van der Waals surface area contributed by atoms with Gasteiger partial charge in [-0.3, -0.25) is 14.4 Å². The molecule has 5 rings (SSSR count). The van der Waals surface area contributed by atoms with E-state index in [1.165, 1.54) is 6.92 Å². The number of fused-ring (bicyclic) bond motifs is 1. The predicted molar refractivity (Wildman–Crippen MR) is 118 cm³/mol. The van der Waals surface area contributed by atoms with Gasteiger partial charge >= 0.3 is 0 Å². The number of nitrogens with zero attached hydrogens (tertiary/aromatic N) is 1. The van der Waals surface area contributed by atoms with Gasteiger partial charge in [-0.15, -0.1) is 0 Å². The van der Waals surface area contributed by atoms with E-state index in [9.17, 15) is 14.4 Å². The molecule has 0 radical (unpaired) electrons. The Morgan fingerprint density at radius 1 is 1.06 bits per heavy atom. The van der Waals surface area contributed by atoms with E-state index in [1.54, 1.807) is 60.5 Å². The van der Waals surface area contributed by atoms with Gasteiger partial charge in [-0.1, -0.05) is 12.2 Å². The van der Waals surface area contributed by atoms with Crippen molar-refractivity contribution >= 4 is 34.8 Å². The lowest BCUT2D eigenvalue weighted by Gasteiger charge is -2.23. The highest BCUT2D eigenvalue weighted by atomic mass is 16.5. The second-order valence-electron chi connectivity index (χ2n) is 8.27. The van der Waals surface area contributed by atoms with E-state index in [4.69, 9.17) is 9.47 Å². The maximum absolute atomic E-state index is 13.4. The van der Waals surface area contributed by atoms with Gasteiger partial charge in [0, 0.05) is 24.0 Å². The van der Waals surface area contributed by atoms with Crippen molar-refractivity contribution in [3.05, 3.63) is 60.7 Å². The van der Waals surface area contributed by atoms with Gasteiger partial charge in [0.1, 0.15) is 11.4 Å². The SMILES string of the molecule is COc1ccc(NC(=O)[C@@H]2[C@@H]3C=C[C@@]4(CN(c5ccc(NC(C)=O)cc5)C(=O)[C@H]24)O3)cc1. The third kappa shape index (κ3) is 3.23. The van der Waals surface area contributed by atoms with Crippen LogP contribution in [0.5, 0.6) is 5.75 Å². The number of anilines is 3. The van der Waals surface area contributed by atoms with Crippen molar-refractivity contribution in [2.45, 2.75) is 18.6 Å². The van der Waals surface area contributed by atoms with Gasteiger partial charge in [0.25, 0.3) is 0 Å². The summed E-state index contributed by atoms with van der Waals surface area (Å²) in [6.45, 7) is 1.78. The summed E-state index contributed by atoms with van der Waals surface area (Å²) in [5.74, 6) is -1.06. The molecule has 0 aromatic heterocycles. The van der Waals surface area contributed by atoms with Gasteiger partial charge < -0.3 is 25.0 Å². The molecule has 2 aromatic rings. The summed E-state index contributed by atoms with van der Waals surface area (Å²) in [5.41, 5.74) is 1.18. The zero-order valence-corrected chi connectivity index (χ0v) is 17.7. The first-order valence-electron chi connectivity index (χ1n) is 10.4. The highest BCUT2D eigenvalue weighted by molar-refractivity contribution is 6.05. The Labute approximate surface area is 185 Å². The van der Waals surface area contributed by atoms with Crippen LogP contribution < -0.4 is 20.3 Å². The molecule has 3 heterocycles. The Morgan fingerprint density at radius 3 is 2.38 bits per heavy atom. The highest BCUT2D eigenvalue weighted by Gasteiger charge is 2.67. The minimum absolute atomic E-state index is 0.140. The van der Waals surface area contributed by atoms with E-state index < -0.39 is 23.5 Å². The van der Waals surface area contributed by atoms with Crippen molar-refractivity contribution in [1.82, 2.24) is 0 Å². The molecule has 2 bridgehead atoms. The maximum atomic E-state index is 13.4. The topological polar surface area (TPSA) is 97.0 Å². The van der Waals surface area contributed by atoms with Crippen LogP contribution in [0, 0.1) is 11.8 Å². The van der Waals surface area contributed by atoms with E-state index >= 15 is 0 Å². The zero-order chi connectivity index (χ0) is 22.5. The number of ether oxygens (including phenoxy) is 2. The average Bonchev–Trinajstić information content (AvgIpc) is 3.43. The van der Waals surface area contributed by atoms with Crippen molar-refractivity contribution in [1.29, 1.82) is 0 Å². The molecule has 32 heavy (non-hydrogen) atoms. The van der Waals surface area contributed by atoms with Crippen LogP contribution in [0.4, 0.5) is 17.1 Å². The molecule has 3 aliphatic heterocycles. The fourth-order valence-corrected chi connectivity index (χ4v) is 4.84. The van der Waals surface area contributed by atoms with Gasteiger partial charge in [-0.25, -0.2) is 0 Å². The molecular weight excluding hydrogens is 410 g/mol. The quantitative estimate of drug-likeness (QED) is 0.707. The number of nitrogens with one attached hydrogen (secondary N) is 2. The maximum Gasteiger partial charge on any atom is 0.234 e. The first kappa shape index (κ1) is 20.3. The third-order valence-electron chi connectivity index (χ3n) is 6.26. The smallest absolute Gasteiger partial charge is 0.234 e. The number of carbonyl (C=O) groups excluding carboxylic acids is 3. The molecule has 0 saturated carbocycles. The van der Waals surface area contributed by atoms with Crippen molar-refractivity contribution in [3.63, 3.8) is 0 Å².